The maximum atomic E-state index is 7.24. The molecular weight excluding hydrogens is 122 g/mol. The molecule has 4 heteroatoms. The normalized spacial score (nSPS) is 27.2. The molecule has 3 N–H and O–H groups in total. The first-order chi connectivity index (χ1) is 3.84. The summed E-state index contributed by atoms with van der Waals surface area (Å²) in [5, 5.41) is 1.88. The van der Waals surface area contributed by atoms with E-state index in [9.17, 15) is 0 Å². The van der Waals surface area contributed by atoms with Crippen LogP contribution >= 0.6 is 11.8 Å². The second-order valence-corrected chi connectivity index (χ2v) is 2.46. The monoisotopic (exact) mass is 130 g/mol. The highest BCUT2D eigenvalue weighted by atomic mass is 32.2. The van der Waals surface area contributed by atoms with Gasteiger partial charge in [-0.25, -0.2) is 5.73 Å². The quantitative estimate of drug-likeness (QED) is 0.543. The maximum Gasteiger partial charge on any atom is 0.145 e. The standard InChI is InChI=1S/C4H8N3S/c5-3-7-1-2-8-4(7)6/h1-2,4,6H,3,5H2. The first-order valence-electron chi connectivity index (χ1n) is 2.33. The minimum absolute atomic E-state index is 0.208. The fraction of sp³-hybridized carbons (Fsp3) is 0.500. The smallest absolute Gasteiger partial charge is 0.145 e. The molecule has 0 saturated heterocycles. The van der Waals surface area contributed by atoms with Crippen LogP contribution in [0, 0.1) is 0 Å². The summed E-state index contributed by atoms with van der Waals surface area (Å²) < 4.78 is 0. The third-order valence-electron chi connectivity index (χ3n) is 0.972. The summed E-state index contributed by atoms with van der Waals surface area (Å²) in [6.07, 6.45) is 1.84. The van der Waals surface area contributed by atoms with E-state index in [1.807, 2.05) is 11.6 Å². The van der Waals surface area contributed by atoms with Gasteiger partial charge in [0.25, 0.3) is 0 Å². The molecular formula is C4H8N3S. The Morgan fingerprint density at radius 1 is 1.88 bits per heavy atom. The molecule has 8 heavy (non-hydrogen) atoms. The van der Waals surface area contributed by atoms with Crippen LogP contribution in [0.3, 0.4) is 0 Å². The Kier molecular flexibility index (Phi) is 1.77. The van der Waals surface area contributed by atoms with Gasteiger partial charge in [-0.15, -0.1) is 0 Å². The van der Waals surface area contributed by atoms with E-state index in [4.69, 9.17) is 11.5 Å². The molecule has 1 unspecified atom stereocenters. The SMILES string of the molecule is [NH]C1SC=CN1CN. The molecule has 0 aliphatic carbocycles. The molecule has 0 fully saturated rings. The highest BCUT2D eigenvalue weighted by Crippen LogP contribution is 2.19. The van der Waals surface area contributed by atoms with E-state index in [2.05, 4.69) is 0 Å². The van der Waals surface area contributed by atoms with Crippen molar-refractivity contribution in [2.45, 2.75) is 5.50 Å². The van der Waals surface area contributed by atoms with Crippen molar-refractivity contribution in [2.24, 2.45) is 5.73 Å². The molecule has 0 aromatic heterocycles. The summed E-state index contributed by atoms with van der Waals surface area (Å²) in [7, 11) is 0. The van der Waals surface area contributed by atoms with Crippen molar-refractivity contribution >= 4 is 11.8 Å². The summed E-state index contributed by atoms with van der Waals surface area (Å²) in [4.78, 5) is 1.75. The third kappa shape index (κ3) is 0.964. The van der Waals surface area contributed by atoms with Crippen LogP contribution in [0.25, 0.3) is 0 Å². The van der Waals surface area contributed by atoms with Gasteiger partial charge in [-0.3, -0.25) is 0 Å². The molecule has 1 heterocycles. The fourth-order valence-electron chi connectivity index (χ4n) is 0.501. The van der Waals surface area contributed by atoms with Crippen LogP contribution in [-0.2, 0) is 0 Å². The van der Waals surface area contributed by atoms with Crippen molar-refractivity contribution < 1.29 is 0 Å². The van der Waals surface area contributed by atoms with Gasteiger partial charge in [0.05, 0.1) is 6.67 Å². The van der Waals surface area contributed by atoms with Crippen LogP contribution in [0.1, 0.15) is 0 Å². The fourth-order valence-corrected chi connectivity index (χ4v) is 1.19. The topological polar surface area (TPSA) is 53.1 Å². The Morgan fingerprint density at radius 3 is 2.88 bits per heavy atom. The molecule has 1 aliphatic heterocycles. The molecule has 0 aromatic rings. The lowest BCUT2D eigenvalue weighted by atomic mass is 10.8. The molecule has 0 aromatic carbocycles. The van der Waals surface area contributed by atoms with Crippen LogP contribution in [0.4, 0.5) is 0 Å². The molecule has 45 valence electrons. The highest BCUT2D eigenvalue weighted by molar-refractivity contribution is 8.02. The second kappa shape index (κ2) is 2.39. The number of nitrogens with one attached hydrogen (secondary N) is 1. The van der Waals surface area contributed by atoms with Crippen molar-refractivity contribution in [2.75, 3.05) is 6.67 Å². The van der Waals surface area contributed by atoms with Crippen molar-refractivity contribution in [3.8, 4) is 0 Å². The van der Waals surface area contributed by atoms with E-state index in [0.29, 0.717) is 6.67 Å². The summed E-state index contributed by atoms with van der Waals surface area (Å²) >= 11 is 1.46. The Hall–Kier alpha value is -0.190. The summed E-state index contributed by atoms with van der Waals surface area (Å²) in [5.74, 6) is 0. The maximum absolute atomic E-state index is 7.24. The van der Waals surface area contributed by atoms with Gasteiger partial charge in [-0.1, -0.05) is 11.8 Å². The van der Waals surface area contributed by atoms with E-state index in [1.54, 1.807) is 4.90 Å². The first-order valence-corrected chi connectivity index (χ1v) is 3.28. The van der Waals surface area contributed by atoms with Crippen LogP contribution in [0.15, 0.2) is 11.6 Å². The van der Waals surface area contributed by atoms with Gasteiger partial charge in [0.2, 0.25) is 0 Å². The largest absolute Gasteiger partial charge is 0.339 e. The van der Waals surface area contributed by atoms with Gasteiger partial charge in [0.1, 0.15) is 5.50 Å². The zero-order valence-corrected chi connectivity index (χ0v) is 5.19. The number of hydrogen-bond donors (Lipinski definition) is 1. The lowest BCUT2D eigenvalue weighted by Crippen LogP contribution is -2.30. The second-order valence-electron chi connectivity index (χ2n) is 1.47. The minimum Gasteiger partial charge on any atom is -0.339 e. The van der Waals surface area contributed by atoms with Gasteiger partial charge in [-0.05, 0) is 5.41 Å². The zero-order chi connectivity index (χ0) is 5.98. The molecule has 3 nitrogen and oxygen atoms in total. The van der Waals surface area contributed by atoms with Crippen molar-refractivity contribution in [1.82, 2.24) is 10.6 Å². The average Bonchev–Trinajstić information content (AvgIpc) is 2.14. The number of hydrogen-bond acceptors (Lipinski definition) is 3. The van der Waals surface area contributed by atoms with Gasteiger partial charge in [-0.2, -0.15) is 0 Å². The first kappa shape index (κ1) is 5.94. The molecule has 1 rings (SSSR count). The van der Waals surface area contributed by atoms with Gasteiger partial charge >= 0.3 is 0 Å². The lowest BCUT2D eigenvalue weighted by molar-refractivity contribution is 0.371. The average molecular weight is 130 g/mol. The van der Waals surface area contributed by atoms with E-state index in [-0.39, 0.29) is 5.50 Å². The third-order valence-corrected chi connectivity index (χ3v) is 1.78. The van der Waals surface area contributed by atoms with Crippen molar-refractivity contribution in [3.63, 3.8) is 0 Å². The van der Waals surface area contributed by atoms with Crippen LogP contribution in [0.2, 0.25) is 0 Å². The van der Waals surface area contributed by atoms with E-state index >= 15 is 0 Å². The molecule has 1 aliphatic rings. The van der Waals surface area contributed by atoms with Crippen LogP contribution < -0.4 is 11.5 Å². The summed E-state index contributed by atoms with van der Waals surface area (Å²) in [6.45, 7) is 0.442. The van der Waals surface area contributed by atoms with Gasteiger partial charge in [0, 0.05) is 6.20 Å². The lowest BCUT2D eigenvalue weighted by Gasteiger charge is -2.16. The minimum atomic E-state index is -0.208. The molecule has 1 radical (unpaired) electrons. The number of nitrogens with zero attached hydrogens (tertiary/aromatic N) is 1. The molecule has 1 atom stereocenters. The Balaban J connectivity index is 2.41. The van der Waals surface area contributed by atoms with Crippen LogP contribution in [0.5, 0.6) is 0 Å². The van der Waals surface area contributed by atoms with Crippen LogP contribution in [-0.4, -0.2) is 17.1 Å². The predicted molar refractivity (Wildman–Crippen MR) is 34.5 cm³/mol. The molecule has 0 bridgehead atoms. The molecule has 0 saturated carbocycles. The number of nitrogens with two attached hydrogens (primary N) is 1. The Morgan fingerprint density at radius 2 is 2.62 bits per heavy atom. The van der Waals surface area contributed by atoms with E-state index in [0.717, 1.165) is 0 Å². The van der Waals surface area contributed by atoms with Gasteiger partial charge in [0.15, 0.2) is 0 Å². The molecule has 0 amide bonds. The highest BCUT2D eigenvalue weighted by Gasteiger charge is 2.12. The molecule has 0 spiro atoms. The predicted octanol–water partition coefficient (Wildman–Crippen LogP) is -0.0109. The number of rotatable bonds is 1. The Bertz CT molecular complexity index is 103. The number of thioether (sulfide) groups is 1. The summed E-state index contributed by atoms with van der Waals surface area (Å²) in [5.41, 5.74) is 12.3. The van der Waals surface area contributed by atoms with E-state index < -0.39 is 0 Å². The zero-order valence-electron chi connectivity index (χ0n) is 4.37. The van der Waals surface area contributed by atoms with E-state index in [1.165, 1.54) is 11.8 Å². The van der Waals surface area contributed by atoms with Gasteiger partial charge < -0.3 is 10.6 Å². The Labute approximate surface area is 52.7 Å². The van der Waals surface area contributed by atoms with Crippen molar-refractivity contribution in [3.05, 3.63) is 11.6 Å². The van der Waals surface area contributed by atoms with Crippen molar-refractivity contribution in [1.29, 1.82) is 0 Å². The summed E-state index contributed by atoms with van der Waals surface area (Å²) in [6, 6.07) is 0.